The number of anilines is 1. The predicted octanol–water partition coefficient (Wildman–Crippen LogP) is 4.83. The quantitative estimate of drug-likeness (QED) is 0.518. The van der Waals surface area contributed by atoms with Crippen LogP contribution in [0.4, 0.5) is 5.82 Å². The summed E-state index contributed by atoms with van der Waals surface area (Å²) in [5.74, 6) is 0.239. The molecule has 0 aliphatic heterocycles. The van der Waals surface area contributed by atoms with E-state index >= 15 is 0 Å². The molecule has 5 nitrogen and oxygen atoms in total. The van der Waals surface area contributed by atoms with Gasteiger partial charge < -0.3 is 10.4 Å². The van der Waals surface area contributed by atoms with Crippen molar-refractivity contribution in [3.8, 4) is 22.4 Å². The van der Waals surface area contributed by atoms with Crippen LogP contribution in [0.1, 0.15) is 18.4 Å². The number of nitrogens with zero attached hydrogens (tertiary/aromatic N) is 2. The SMILES string of the molecule is CNc1c(-c2ccc(-c3ccc(C4(C(=O)O)CC4)cc3)cc2)nc2ccccn12. The van der Waals surface area contributed by atoms with Crippen molar-refractivity contribution in [1.29, 1.82) is 0 Å². The van der Waals surface area contributed by atoms with E-state index in [0.717, 1.165) is 52.3 Å². The van der Waals surface area contributed by atoms with E-state index in [1.54, 1.807) is 0 Å². The molecular weight excluding hydrogens is 362 g/mol. The minimum atomic E-state index is -0.720. The summed E-state index contributed by atoms with van der Waals surface area (Å²) in [6, 6.07) is 22.2. The van der Waals surface area contributed by atoms with Crippen molar-refractivity contribution < 1.29 is 9.90 Å². The van der Waals surface area contributed by atoms with Crippen LogP contribution in [0, 0.1) is 0 Å². The van der Waals surface area contributed by atoms with Gasteiger partial charge in [0, 0.05) is 18.8 Å². The van der Waals surface area contributed by atoms with Crippen LogP contribution in [-0.2, 0) is 10.2 Å². The Balaban J connectivity index is 1.46. The molecular formula is C24H21N3O2. The van der Waals surface area contributed by atoms with E-state index in [2.05, 4.69) is 29.6 Å². The molecule has 0 radical (unpaired) electrons. The lowest BCUT2D eigenvalue weighted by Gasteiger charge is -2.11. The summed E-state index contributed by atoms with van der Waals surface area (Å²) in [5, 5.41) is 12.7. The van der Waals surface area contributed by atoms with Crippen LogP contribution in [0.3, 0.4) is 0 Å². The van der Waals surface area contributed by atoms with Gasteiger partial charge in [0.05, 0.1) is 5.41 Å². The first-order valence-corrected chi connectivity index (χ1v) is 9.72. The molecule has 2 heterocycles. The smallest absolute Gasteiger partial charge is 0.314 e. The Morgan fingerprint density at radius 1 is 0.966 bits per heavy atom. The number of fused-ring (bicyclic) bond motifs is 1. The lowest BCUT2D eigenvalue weighted by molar-refractivity contribution is -0.140. The maximum absolute atomic E-state index is 11.5. The maximum Gasteiger partial charge on any atom is 0.314 e. The molecule has 0 unspecified atom stereocenters. The maximum atomic E-state index is 11.5. The van der Waals surface area contributed by atoms with Crippen LogP contribution in [0.5, 0.6) is 0 Å². The first-order chi connectivity index (χ1) is 14.1. The molecule has 2 aromatic heterocycles. The highest BCUT2D eigenvalue weighted by Gasteiger charge is 2.51. The van der Waals surface area contributed by atoms with Crippen molar-refractivity contribution in [3.05, 3.63) is 78.5 Å². The van der Waals surface area contributed by atoms with E-state index in [1.807, 2.05) is 60.1 Å². The minimum Gasteiger partial charge on any atom is -0.481 e. The van der Waals surface area contributed by atoms with Crippen molar-refractivity contribution in [1.82, 2.24) is 9.38 Å². The van der Waals surface area contributed by atoms with E-state index in [-0.39, 0.29) is 0 Å². The van der Waals surface area contributed by atoms with Gasteiger partial charge in [-0.1, -0.05) is 54.6 Å². The molecule has 5 heteroatoms. The standard InChI is InChI=1S/C24H21N3O2/c1-25-22-21(26-20-4-2-3-15-27(20)22)18-7-5-16(6-8-18)17-9-11-19(12-10-17)24(13-14-24)23(28)29/h2-12,15,25H,13-14H2,1H3,(H,28,29). The van der Waals surface area contributed by atoms with Gasteiger partial charge in [-0.25, -0.2) is 4.98 Å². The van der Waals surface area contributed by atoms with Gasteiger partial charge in [-0.3, -0.25) is 9.20 Å². The molecule has 1 aliphatic carbocycles. The van der Waals surface area contributed by atoms with Crippen LogP contribution in [0.25, 0.3) is 28.0 Å². The molecule has 0 spiro atoms. The largest absolute Gasteiger partial charge is 0.481 e. The third-order valence-corrected chi connectivity index (χ3v) is 5.86. The molecule has 4 aromatic rings. The number of aliphatic carboxylic acids is 1. The number of pyridine rings is 1. The molecule has 0 amide bonds. The molecule has 1 fully saturated rings. The van der Waals surface area contributed by atoms with Gasteiger partial charge in [-0.15, -0.1) is 0 Å². The first-order valence-electron chi connectivity index (χ1n) is 9.72. The molecule has 1 saturated carbocycles. The Morgan fingerprint density at radius 3 is 2.17 bits per heavy atom. The number of benzene rings is 2. The Hall–Kier alpha value is -3.60. The molecule has 0 saturated heterocycles. The van der Waals surface area contributed by atoms with Gasteiger partial charge in [-0.2, -0.15) is 0 Å². The number of hydrogen-bond donors (Lipinski definition) is 2. The van der Waals surface area contributed by atoms with E-state index in [4.69, 9.17) is 4.98 Å². The number of hydrogen-bond acceptors (Lipinski definition) is 3. The lowest BCUT2D eigenvalue weighted by Crippen LogP contribution is -2.19. The summed E-state index contributed by atoms with van der Waals surface area (Å²) < 4.78 is 2.04. The van der Waals surface area contributed by atoms with Crippen molar-refractivity contribution in [2.24, 2.45) is 0 Å². The minimum absolute atomic E-state index is 0.658. The predicted molar refractivity (Wildman–Crippen MR) is 114 cm³/mol. The monoisotopic (exact) mass is 383 g/mol. The fourth-order valence-electron chi connectivity index (χ4n) is 3.99. The van der Waals surface area contributed by atoms with Crippen molar-refractivity contribution in [2.45, 2.75) is 18.3 Å². The van der Waals surface area contributed by atoms with E-state index in [0.29, 0.717) is 0 Å². The zero-order valence-electron chi connectivity index (χ0n) is 16.1. The molecule has 0 bridgehead atoms. The van der Waals surface area contributed by atoms with Crippen LogP contribution < -0.4 is 5.32 Å². The van der Waals surface area contributed by atoms with Gasteiger partial charge in [0.1, 0.15) is 17.2 Å². The average molecular weight is 383 g/mol. The zero-order chi connectivity index (χ0) is 20.0. The molecule has 2 aromatic carbocycles. The summed E-state index contributed by atoms with van der Waals surface area (Å²) in [4.78, 5) is 16.3. The van der Waals surface area contributed by atoms with Crippen molar-refractivity contribution in [2.75, 3.05) is 12.4 Å². The molecule has 2 N–H and O–H groups in total. The second-order valence-corrected chi connectivity index (χ2v) is 7.53. The number of imidazole rings is 1. The molecule has 29 heavy (non-hydrogen) atoms. The molecule has 144 valence electrons. The van der Waals surface area contributed by atoms with Gasteiger partial charge in [0.15, 0.2) is 0 Å². The molecule has 0 atom stereocenters. The lowest BCUT2D eigenvalue weighted by atomic mass is 9.93. The number of carbonyl (C=O) groups is 1. The summed E-state index contributed by atoms with van der Waals surface area (Å²) in [6.07, 6.45) is 3.45. The summed E-state index contributed by atoms with van der Waals surface area (Å²) >= 11 is 0. The van der Waals surface area contributed by atoms with E-state index < -0.39 is 11.4 Å². The zero-order valence-corrected chi connectivity index (χ0v) is 16.1. The van der Waals surface area contributed by atoms with Crippen LogP contribution in [0.15, 0.2) is 72.9 Å². The number of aromatic nitrogens is 2. The highest BCUT2D eigenvalue weighted by molar-refractivity contribution is 5.85. The second kappa shape index (κ2) is 6.48. The van der Waals surface area contributed by atoms with E-state index in [1.165, 1.54) is 0 Å². The van der Waals surface area contributed by atoms with E-state index in [9.17, 15) is 9.90 Å². The highest BCUT2D eigenvalue weighted by Crippen LogP contribution is 2.48. The summed E-state index contributed by atoms with van der Waals surface area (Å²) in [5.41, 5.74) is 5.27. The van der Waals surface area contributed by atoms with Crippen LogP contribution >= 0.6 is 0 Å². The number of nitrogens with one attached hydrogen (secondary N) is 1. The number of carboxylic acids is 1. The molecule has 1 aliphatic rings. The first kappa shape index (κ1) is 17.5. The topological polar surface area (TPSA) is 66.6 Å². The van der Waals surface area contributed by atoms with Gasteiger partial charge in [0.25, 0.3) is 0 Å². The third kappa shape index (κ3) is 2.78. The highest BCUT2D eigenvalue weighted by atomic mass is 16.4. The Morgan fingerprint density at radius 2 is 1.59 bits per heavy atom. The number of rotatable bonds is 5. The average Bonchev–Trinajstić information content (AvgIpc) is 3.49. The second-order valence-electron chi connectivity index (χ2n) is 7.53. The summed E-state index contributed by atoms with van der Waals surface area (Å²) in [7, 11) is 1.90. The Labute approximate surface area is 168 Å². The van der Waals surface area contributed by atoms with Crippen LogP contribution in [-0.4, -0.2) is 27.5 Å². The number of carboxylic acid groups (broad SMARTS) is 1. The third-order valence-electron chi connectivity index (χ3n) is 5.86. The van der Waals surface area contributed by atoms with Gasteiger partial charge >= 0.3 is 5.97 Å². The van der Waals surface area contributed by atoms with Crippen molar-refractivity contribution >= 4 is 17.4 Å². The summed E-state index contributed by atoms with van der Waals surface area (Å²) in [6.45, 7) is 0. The van der Waals surface area contributed by atoms with Crippen molar-refractivity contribution in [3.63, 3.8) is 0 Å². The fourth-order valence-corrected chi connectivity index (χ4v) is 3.99. The molecule has 5 rings (SSSR count). The normalized spacial score (nSPS) is 14.7. The van der Waals surface area contributed by atoms with Crippen LogP contribution in [0.2, 0.25) is 0 Å². The van der Waals surface area contributed by atoms with Gasteiger partial charge in [0.2, 0.25) is 0 Å². The van der Waals surface area contributed by atoms with Gasteiger partial charge in [-0.05, 0) is 41.7 Å². The fraction of sp³-hybridized carbons (Fsp3) is 0.167. The Kier molecular flexibility index (Phi) is 3.91. The Bertz CT molecular complexity index is 1200.